The first-order valence-corrected chi connectivity index (χ1v) is 7.03. The monoisotopic (exact) mass is 257 g/mol. The molecular weight excluding hydrogens is 230 g/mol. The molecule has 1 unspecified atom stereocenters. The van der Waals surface area contributed by atoms with E-state index in [1.165, 1.54) is 6.42 Å². The van der Waals surface area contributed by atoms with Gasteiger partial charge in [0.15, 0.2) is 0 Å². The molecule has 106 valence electrons. The van der Waals surface area contributed by atoms with E-state index in [1.807, 2.05) is 6.92 Å². The maximum Gasteiger partial charge on any atom is 0.308 e. The Kier molecular flexibility index (Phi) is 9.33. The van der Waals surface area contributed by atoms with Crippen LogP contribution in [-0.4, -0.2) is 35.0 Å². The van der Waals surface area contributed by atoms with Gasteiger partial charge in [0.1, 0.15) is 0 Å². The second-order valence-electron chi connectivity index (χ2n) is 4.89. The molecule has 0 bridgehead atoms. The number of rotatable bonds is 10. The molecule has 0 fully saturated rings. The molecule has 0 spiro atoms. The lowest BCUT2D eigenvalue weighted by Gasteiger charge is -2.24. The third-order valence-electron chi connectivity index (χ3n) is 3.01. The summed E-state index contributed by atoms with van der Waals surface area (Å²) in [5.74, 6) is -1.24. The molecule has 1 atom stereocenters. The van der Waals surface area contributed by atoms with E-state index in [4.69, 9.17) is 5.11 Å². The fraction of sp³-hybridized carbons (Fsp3) is 0.857. The minimum Gasteiger partial charge on any atom is -0.481 e. The Labute approximate surface area is 110 Å². The zero-order chi connectivity index (χ0) is 14.0. The van der Waals surface area contributed by atoms with Crippen LogP contribution in [0.3, 0.4) is 0 Å². The number of carbonyl (C=O) groups is 2. The molecule has 1 amide bonds. The van der Waals surface area contributed by atoms with Crippen molar-refractivity contribution in [2.75, 3.05) is 13.1 Å². The highest BCUT2D eigenvalue weighted by Gasteiger charge is 2.19. The van der Waals surface area contributed by atoms with E-state index in [-0.39, 0.29) is 5.91 Å². The predicted molar refractivity (Wildman–Crippen MR) is 72.4 cm³/mol. The van der Waals surface area contributed by atoms with Crippen LogP contribution in [0.15, 0.2) is 0 Å². The number of aliphatic carboxylic acids is 1. The van der Waals surface area contributed by atoms with Gasteiger partial charge in [-0.25, -0.2) is 0 Å². The number of unbranched alkanes of at least 4 members (excludes halogenated alkanes) is 3. The molecule has 0 saturated heterocycles. The maximum absolute atomic E-state index is 11.9. The molecule has 0 aliphatic rings. The number of hydrogen-bond donors (Lipinski definition) is 1. The van der Waals surface area contributed by atoms with Crippen LogP contribution >= 0.6 is 0 Å². The van der Waals surface area contributed by atoms with Gasteiger partial charge in [-0.05, 0) is 12.8 Å². The fourth-order valence-electron chi connectivity index (χ4n) is 1.83. The average molecular weight is 257 g/mol. The molecular formula is C14H27NO3. The number of carboxylic acids is 1. The summed E-state index contributed by atoms with van der Waals surface area (Å²) < 4.78 is 0. The Bertz CT molecular complexity index is 253. The molecule has 0 heterocycles. The lowest BCUT2D eigenvalue weighted by Crippen LogP contribution is -2.37. The fourth-order valence-corrected chi connectivity index (χ4v) is 1.83. The summed E-state index contributed by atoms with van der Waals surface area (Å²) in [5.41, 5.74) is 0. The summed E-state index contributed by atoms with van der Waals surface area (Å²) in [7, 11) is 0. The van der Waals surface area contributed by atoms with Gasteiger partial charge in [-0.1, -0.05) is 40.0 Å². The molecule has 0 radical (unpaired) electrons. The summed E-state index contributed by atoms with van der Waals surface area (Å²) in [4.78, 5) is 24.5. The third kappa shape index (κ3) is 7.30. The number of nitrogens with zero attached hydrogens (tertiary/aromatic N) is 1. The van der Waals surface area contributed by atoms with E-state index >= 15 is 0 Å². The van der Waals surface area contributed by atoms with Crippen molar-refractivity contribution in [2.45, 2.75) is 59.3 Å². The Morgan fingerprint density at radius 2 is 1.78 bits per heavy atom. The van der Waals surface area contributed by atoms with Crippen LogP contribution < -0.4 is 0 Å². The molecule has 4 nitrogen and oxygen atoms in total. The molecule has 0 aliphatic heterocycles. The molecule has 0 rings (SSSR count). The van der Waals surface area contributed by atoms with Gasteiger partial charge >= 0.3 is 5.97 Å². The van der Waals surface area contributed by atoms with Crippen molar-refractivity contribution >= 4 is 11.9 Å². The van der Waals surface area contributed by atoms with Crippen LogP contribution in [0.25, 0.3) is 0 Å². The van der Waals surface area contributed by atoms with E-state index in [2.05, 4.69) is 6.92 Å². The van der Waals surface area contributed by atoms with Gasteiger partial charge in [-0.3, -0.25) is 9.59 Å². The van der Waals surface area contributed by atoms with Crippen LogP contribution in [-0.2, 0) is 9.59 Å². The molecule has 1 N–H and O–H groups in total. The highest BCUT2D eigenvalue weighted by atomic mass is 16.4. The Hall–Kier alpha value is -1.06. The quantitative estimate of drug-likeness (QED) is 0.612. The minimum absolute atomic E-state index is 0.0853. The summed E-state index contributed by atoms with van der Waals surface area (Å²) >= 11 is 0. The normalized spacial score (nSPS) is 12.2. The van der Waals surface area contributed by atoms with Gasteiger partial charge in [-0.15, -0.1) is 0 Å². The molecule has 0 saturated carbocycles. The van der Waals surface area contributed by atoms with E-state index in [0.717, 1.165) is 25.7 Å². The second-order valence-corrected chi connectivity index (χ2v) is 4.89. The standard InChI is InChI=1S/C14H27NO3/c1-4-6-7-8-10-15(13(16)9-5-2)11-12(3)14(17)18/h12H,4-11H2,1-3H3,(H,17,18). The van der Waals surface area contributed by atoms with Gasteiger partial charge < -0.3 is 10.0 Å². The highest BCUT2D eigenvalue weighted by molar-refractivity contribution is 5.77. The van der Waals surface area contributed by atoms with E-state index in [0.29, 0.717) is 19.5 Å². The summed E-state index contributed by atoms with van der Waals surface area (Å²) in [6.45, 7) is 6.79. The van der Waals surface area contributed by atoms with E-state index in [1.54, 1.807) is 11.8 Å². The molecule has 0 aromatic carbocycles. The van der Waals surface area contributed by atoms with Gasteiger partial charge in [-0.2, -0.15) is 0 Å². The Balaban J connectivity index is 4.24. The van der Waals surface area contributed by atoms with Crippen molar-refractivity contribution in [3.63, 3.8) is 0 Å². The van der Waals surface area contributed by atoms with Gasteiger partial charge in [0.05, 0.1) is 5.92 Å². The second kappa shape index (κ2) is 9.92. The minimum atomic E-state index is -0.835. The molecule has 0 aromatic rings. The van der Waals surface area contributed by atoms with Crippen LogP contribution in [0.5, 0.6) is 0 Å². The van der Waals surface area contributed by atoms with Crippen molar-refractivity contribution in [1.82, 2.24) is 4.90 Å². The first-order valence-electron chi connectivity index (χ1n) is 7.03. The smallest absolute Gasteiger partial charge is 0.308 e. The van der Waals surface area contributed by atoms with Gasteiger partial charge in [0.25, 0.3) is 0 Å². The zero-order valence-electron chi connectivity index (χ0n) is 11.9. The van der Waals surface area contributed by atoms with Crippen LogP contribution in [0.2, 0.25) is 0 Å². The number of carboxylic acid groups (broad SMARTS) is 1. The Morgan fingerprint density at radius 3 is 2.28 bits per heavy atom. The first kappa shape index (κ1) is 16.9. The summed E-state index contributed by atoms with van der Waals surface area (Å²) in [6, 6.07) is 0. The Morgan fingerprint density at radius 1 is 1.11 bits per heavy atom. The first-order chi connectivity index (χ1) is 8.52. The topological polar surface area (TPSA) is 57.6 Å². The summed E-state index contributed by atoms with van der Waals surface area (Å²) in [5, 5.41) is 8.91. The van der Waals surface area contributed by atoms with Crippen molar-refractivity contribution in [1.29, 1.82) is 0 Å². The van der Waals surface area contributed by atoms with Crippen molar-refractivity contribution in [3.05, 3.63) is 0 Å². The number of amides is 1. The van der Waals surface area contributed by atoms with Crippen molar-refractivity contribution < 1.29 is 14.7 Å². The summed E-state index contributed by atoms with van der Waals surface area (Å²) in [6.07, 6.45) is 5.73. The van der Waals surface area contributed by atoms with E-state index in [9.17, 15) is 9.59 Å². The lowest BCUT2D eigenvalue weighted by molar-refractivity contribution is -0.143. The highest BCUT2D eigenvalue weighted by Crippen LogP contribution is 2.08. The SMILES string of the molecule is CCCCCCN(CC(C)C(=O)O)C(=O)CCC. The molecule has 0 aliphatic carbocycles. The van der Waals surface area contributed by atoms with Crippen molar-refractivity contribution in [3.8, 4) is 0 Å². The molecule has 18 heavy (non-hydrogen) atoms. The van der Waals surface area contributed by atoms with Crippen LogP contribution in [0.1, 0.15) is 59.3 Å². The molecule has 4 heteroatoms. The predicted octanol–water partition coefficient (Wildman–Crippen LogP) is 2.92. The van der Waals surface area contributed by atoms with Gasteiger partial charge in [0.2, 0.25) is 5.91 Å². The average Bonchev–Trinajstić information content (AvgIpc) is 2.32. The lowest BCUT2D eigenvalue weighted by atomic mass is 10.1. The van der Waals surface area contributed by atoms with Crippen molar-refractivity contribution in [2.24, 2.45) is 5.92 Å². The largest absolute Gasteiger partial charge is 0.481 e. The van der Waals surface area contributed by atoms with Gasteiger partial charge in [0, 0.05) is 19.5 Å². The maximum atomic E-state index is 11.9. The zero-order valence-corrected chi connectivity index (χ0v) is 11.9. The third-order valence-corrected chi connectivity index (χ3v) is 3.01. The number of hydrogen-bond acceptors (Lipinski definition) is 2. The molecule has 0 aromatic heterocycles. The van der Waals surface area contributed by atoms with Crippen LogP contribution in [0, 0.1) is 5.92 Å². The van der Waals surface area contributed by atoms with Crippen LogP contribution in [0.4, 0.5) is 0 Å². The van der Waals surface area contributed by atoms with E-state index < -0.39 is 11.9 Å². The number of carbonyl (C=O) groups excluding carboxylic acids is 1.